The summed E-state index contributed by atoms with van der Waals surface area (Å²) in [5.41, 5.74) is 0.558. The second-order valence-corrected chi connectivity index (χ2v) is 6.56. The van der Waals surface area contributed by atoms with Gasteiger partial charge in [-0.15, -0.1) is 0 Å². The van der Waals surface area contributed by atoms with Crippen molar-refractivity contribution in [2.75, 3.05) is 13.7 Å². The third-order valence-corrected chi connectivity index (χ3v) is 4.80. The molecule has 1 saturated carbocycles. The second-order valence-electron chi connectivity index (χ2n) is 6.56. The number of rotatable bonds is 3. The van der Waals surface area contributed by atoms with Crippen molar-refractivity contribution in [1.29, 1.82) is 0 Å². The summed E-state index contributed by atoms with van der Waals surface area (Å²) >= 11 is 0. The zero-order valence-corrected chi connectivity index (χ0v) is 15.1. The molecule has 0 atom stereocenters. The Balaban J connectivity index is 1.79. The molecule has 0 aliphatic heterocycles. The van der Waals surface area contributed by atoms with Crippen molar-refractivity contribution in [1.82, 2.24) is 4.98 Å². The maximum atomic E-state index is 11.8. The molecule has 1 aromatic carbocycles. The van der Waals surface area contributed by atoms with E-state index in [9.17, 15) is 9.90 Å². The van der Waals surface area contributed by atoms with Crippen LogP contribution >= 0.6 is 0 Å². The average molecular weight is 353 g/mol. The highest BCUT2D eigenvalue weighted by atomic mass is 16.5. The summed E-state index contributed by atoms with van der Waals surface area (Å²) in [6.07, 6.45) is 3.79. The molecular formula is C21H23NO4. The van der Waals surface area contributed by atoms with Crippen molar-refractivity contribution in [2.45, 2.75) is 38.2 Å². The van der Waals surface area contributed by atoms with Gasteiger partial charge in [0.2, 0.25) is 0 Å². The predicted molar refractivity (Wildman–Crippen MR) is 98.7 cm³/mol. The van der Waals surface area contributed by atoms with E-state index in [1.165, 1.54) is 0 Å². The van der Waals surface area contributed by atoms with Crippen molar-refractivity contribution in [3.8, 4) is 17.6 Å². The molecule has 1 fully saturated rings. The minimum absolute atomic E-state index is 0.136. The maximum absolute atomic E-state index is 11.8. The lowest BCUT2D eigenvalue weighted by molar-refractivity contribution is -0.150. The van der Waals surface area contributed by atoms with E-state index in [-0.39, 0.29) is 11.9 Å². The molecule has 2 aromatic rings. The summed E-state index contributed by atoms with van der Waals surface area (Å²) < 4.78 is 10.3. The Morgan fingerprint density at radius 3 is 2.85 bits per heavy atom. The molecule has 1 aliphatic carbocycles. The Morgan fingerprint density at radius 2 is 2.15 bits per heavy atom. The van der Waals surface area contributed by atoms with Crippen molar-refractivity contribution < 1.29 is 19.4 Å². The Labute approximate surface area is 153 Å². The van der Waals surface area contributed by atoms with Crippen LogP contribution in [0.1, 0.15) is 38.2 Å². The number of hydrogen-bond donors (Lipinski definition) is 1. The molecule has 0 spiro atoms. The third kappa shape index (κ3) is 3.97. The number of carbonyl (C=O) groups excluding carboxylic acids is 1. The Morgan fingerprint density at radius 1 is 1.38 bits per heavy atom. The van der Waals surface area contributed by atoms with E-state index < -0.39 is 5.60 Å². The summed E-state index contributed by atoms with van der Waals surface area (Å²) in [6, 6.07) is 7.62. The summed E-state index contributed by atoms with van der Waals surface area (Å²) in [5.74, 6) is 6.49. The maximum Gasteiger partial charge on any atom is 0.308 e. The fraction of sp³-hybridized carbons (Fsp3) is 0.429. The number of hydrogen-bond acceptors (Lipinski definition) is 5. The minimum Gasteiger partial charge on any atom is -0.495 e. The minimum atomic E-state index is -1.07. The third-order valence-electron chi connectivity index (χ3n) is 4.80. The van der Waals surface area contributed by atoms with E-state index in [0.29, 0.717) is 38.0 Å². The quantitative estimate of drug-likeness (QED) is 0.678. The fourth-order valence-corrected chi connectivity index (χ4v) is 3.25. The van der Waals surface area contributed by atoms with Gasteiger partial charge < -0.3 is 14.6 Å². The number of aromatic nitrogens is 1. The van der Waals surface area contributed by atoms with Crippen LogP contribution in [-0.4, -0.2) is 35.4 Å². The van der Waals surface area contributed by atoms with Gasteiger partial charge in [-0.2, -0.15) is 0 Å². The van der Waals surface area contributed by atoms with E-state index >= 15 is 0 Å². The lowest BCUT2D eigenvalue weighted by Gasteiger charge is -2.31. The molecule has 1 aromatic heterocycles. The van der Waals surface area contributed by atoms with Crippen LogP contribution in [0.3, 0.4) is 0 Å². The van der Waals surface area contributed by atoms with Gasteiger partial charge in [0.15, 0.2) is 0 Å². The highest BCUT2D eigenvalue weighted by molar-refractivity contribution is 5.86. The van der Waals surface area contributed by atoms with Crippen LogP contribution in [0.4, 0.5) is 0 Å². The molecule has 5 nitrogen and oxygen atoms in total. The Hall–Kier alpha value is -2.58. The van der Waals surface area contributed by atoms with Gasteiger partial charge in [0.25, 0.3) is 0 Å². The van der Waals surface area contributed by atoms with Gasteiger partial charge >= 0.3 is 5.97 Å². The smallest absolute Gasteiger partial charge is 0.308 e. The molecule has 0 unspecified atom stereocenters. The number of aliphatic hydroxyl groups is 1. The summed E-state index contributed by atoms with van der Waals surface area (Å²) in [4.78, 5) is 16.2. The van der Waals surface area contributed by atoms with Gasteiger partial charge in [-0.1, -0.05) is 17.9 Å². The number of fused-ring (bicyclic) bond motifs is 1. The molecule has 0 amide bonds. The number of methoxy groups -OCH3 is 1. The van der Waals surface area contributed by atoms with Crippen LogP contribution in [0.2, 0.25) is 0 Å². The molecule has 0 radical (unpaired) electrons. The van der Waals surface area contributed by atoms with E-state index in [1.807, 2.05) is 24.3 Å². The predicted octanol–water partition coefficient (Wildman–Crippen LogP) is 3.08. The molecule has 26 heavy (non-hydrogen) atoms. The van der Waals surface area contributed by atoms with E-state index in [0.717, 1.165) is 16.5 Å². The molecule has 3 rings (SSSR count). The van der Waals surface area contributed by atoms with Gasteiger partial charge in [-0.05, 0) is 50.8 Å². The first-order chi connectivity index (χ1) is 12.5. The highest BCUT2D eigenvalue weighted by Gasteiger charge is 2.35. The summed E-state index contributed by atoms with van der Waals surface area (Å²) in [5, 5.41) is 11.7. The van der Waals surface area contributed by atoms with Crippen LogP contribution in [0.5, 0.6) is 5.75 Å². The first-order valence-electron chi connectivity index (χ1n) is 8.89. The van der Waals surface area contributed by atoms with Gasteiger partial charge in [-0.25, -0.2) is 0 Å². The number of ether oxygens (including phenoxy) is 2. The number of benzene rings is 1. The normalized spacial score (nSPS) is 22.3. The largest absolute Gasteiger partial charge is 0.495 e. The topological polar surface area (TPSA) is 68.7 Å². The second kappa shape index (κ2) is 7.76. The fourth-order valence-electron chi connectivity index (χ4n) is 3.25. The first kappa shape index (κ1) is 18.2. The van der Waals surface area contributed by atoms with Crippen LogP contribution in [-0.2, 0) is 9.53 Å². The molecule has 1 aliphatic rings. The van der Waals surface area contributed by atoms with Crippen molar-refractivity contribution in [3.05, 3.63) is 36.0 Å². The average Bonchev–Trinajstić information content (AvgIpc) is 2.66. The Kier molecular flexibility index (Phi) is 5.43. The van der Waals surface area contributed by atoms with Gasteiger partial charge in [0.05, 0.1) is 31.3 Å². The number of esters is 1. The van der Waals surface area contributed by atoms with Crippen LogP contribution in [0.25, 0.3) is 10.9 Å². The zero-order chi connectivity index (χ0) is 18.6. The van der Waals surface area contributed by atoms with Crippen LogP contribution < -0.4 is 4.74 Å². The number of carbonyl (C=O) groups is 1. The number of pyridine rings is 1. The van der Waals surface area contributed by atoms with Gasteiger partial charge in [0.1, 0.15) is 11.4 Å². The first-order valence-corrected chi connectivity index (χ1v) is 8.89. The van der Waals surface area contributed by atoms with Crippen molar-refractivity contribution >= 4 is 16.9 Å². The van der Waals surface area contributed by atoms with E-state index in [1.54, 1.807) is 20.2 Å². The lowest BCUT2D eigenvalue weighted by atomic mass is 9.79. The molecular weight excluding hydrogens is 330 g/mol. The lowest BCUT2D eigenvalue weighted by Crippen LogP contribution is -2.35. The molecule has 5 heteroatoms. The summed E-state index contributed by atoms with van der Waals surface area (Å²) in [6.45, 7) is 2.19. The standard InChI is InChI=1S/C21H23NO4/c1-3-26-20(23)16-8-11-21(24,12-9-16)10-7-15-5-4-6-19-18(15)13-17(25-2)14-22-19/h4-6,13-14,16,24H,3,8-9,11-12H2,1-2H3. The highest BCUT2D eigenvalue weighted by Crippen LogP contribution is 2.32. The van der Waals surface area contributed by atoms with Crippen LogP contribution in [0, 0.1) is 17.8 Å². The molecule has 1 N–H and O–H groups in total. The molecule has 136 valence electrons. The monoisotopic (exact) mass is 353 g/mol. The van der Waals surface area contributed by atoms with Crippen molar-refractivity contribution in [3.63, 3.8) is 0 Å². The summed E-state index contributed by atoms with van der Waals surface area (Å²) in [7, 11) is 1.60. The van der Waals surface area contributed by atoms with E-state index in [2.05, 4.69) is 16.8 Å². The van der Waals surface area contributed by atoms with Crippen LogP contribution in [0.15, 0.2) is 30.5 Å². The molecule has 1 heterocycles. The van der Waals surface area contributed by atoms with Crippen molar-refractivity contribution in [2.24, 2.45) is 5.92 Å². The van der Waals surface area contributed by atoms with E-state index in [4.69, 9.17) is 9.47 Å². The molecule has 0 saturated heterocycles. The molecule has 0 bridgehead atoms. The zero-order valence-electron chi connectivity index (χ0n) is 15.1. The Bertz CT molecular complexity index is 857. The number of nitrogens with zero attached hydrogens (tertiary/aromatic N) is 1. The van der Waals surface area contributed by atoms with Gasteiger partial charge in [0, 0.05) is 10.9 Å². The SMILES string of the molecule is CCOC(=O)C1CCC(O)(C#Cc2cccc3ncc(OC)cc23)CC1. The van der Waals surface area contributed by atoms with Gasteiger partial charge in [-0.3, -0.25) is 9.78 Å².